The van der Waals surface area contributed by atoms with Crippen LogP contribution >= 0.6 is 0 Å². The van der Waals surface area contributed by atoms with Gasteiger partial charge in [-0.1, -0.05) is 71.9 Å². The molecule has 0 saturated carbocycles. The van der Waals surface area contributed by atoms with E-state index in [4.69, 9.17) is 4.84 Å². The van der Waals surface area contributed by atoms with Crippen LogP contribution in [-0.2, 0) is 4.84 Å². The summed E-state index contributed by atoms with van der Waals surface area (Å²) in [5.74, 6) is -0.0847. The molecule has 3 atom stereocenters. The highest BCUT2D eigenvalue weighted by molar-refractivity contribution is 5.96. The molecule has 3 rings (SSSR count). The van der Waals surface area contributed by atoms with E-state index in [2.05, 4.69) is 11.7 Å². The number of benzene rings is 2. The molecule has 3 heteroatoms. The highest BCUT2D eigenvalue weighted by Crippen LogP contribution is 2.41. The third-order valence-corrected chi connectivity index (χ3v) is 3.91. The van der Waals surface area contributed by atoms with E-state index in [9.17, 15) is 5.11 Å². The molecule has 3 nitrogen and oxygen atoms in total. The lowest BCUT2D eigenvalue weighted by Gasteiger charge is -2.21. The molecule has 0 fully saturated rings. The molecule has 1 aliphatic rings. The summed E-state index contributed by atoms with van der Waals surface area (Å²) in [7, 11) is 0. The summed E-state index contributed by atoms with van der Waals surface area (Å²) in [6.45, 7) is 3.69. The maximum atomic E-state index is 10.4. The van der Waals surface area contributed by atoms with E-state index < -0.39 is 6.10 Å². The highest BCUT2D eigenvalue weighted by atomic mass is 16.6. The van der Waals surface area contributed by atoms with Gasteiger partial charge in [0.05, 0.1) is 17.7 Å². The first-order valence-corrected chi connectivity index (χ1v) is 7.43. The first-order valence-electron chi connectivity index (χ1n) is 7.43. The van der Waals surface area contributed by atoms with Crippen LogP contribution in [0.15, 0.2) is 78.5 Å². The molecule has 1 N–H and O–H groups in total. The van der Waals surface area contributed by atoms with Gasteiger partial charge in [-0.2, -0.15) is 0 Å². The Morgan fingerprint density at radius 2 is 1.64 bits per heavy atom. The predicted octanol–water partition coefficient (Wildman–Crippen LogP) is 3.83. The Morgan fingerprint density at radius 3 is 2.23 bits per heavy atom. The lowest BCUT2D eigenvalue weighted by Crippen LogP contribution is -2.26. The molecule has 0 amide bonds. The van der Waals surface area contributed by atoms with Crippen LogP contribution in [0.3, 0.4) is 0 Å². The summed E-state index contributed by atoms with van der Waals surface area (Å²) in [5.41, 5.74) is 2.82. The van der Waals surface area contributed by atoms with Gasteiger partial charge in [0.1, 0.15) is 0 Å². The van der Waals surface area contributed by atoms with Crippen molar-refractivity contribution < 1.29 is 9.94 Å². The van der Waals surface area contributed by atoms with Crippen molar-refractivity contribution in [1.29, 1.82) is 0 Å². The van der Waals surface area contributed by atoms with Gasteiger partial charge < -0.3 is 9.94 Å². The number of hydrogen-bond acceptors (Lipinski definition) is 3. The lowest BCUT2D eigenvalue weighted by atomic mass is 9.83. The Balaban J connectivity index is 1.98. The number of aliphatic hydroxyl groups is 1. The Morgan fingerprint density at radius 1 is 1.05 bits per heavy atom. The van der Waals surface area contributed by atoms with E-state index in [0.29, 0.717) is 12.1 Å². The van der Waals surface area contributed by atoms with Crippen LogP contribution in [0.4, 0.5) is 0 Å². The number of nitrogens with zero attached hydrogens (tertiary/aromatic N) is 1. The molecular formula is C19H19NO2. The van der Waals surface area contributed by atoms with Crippen molar-refractivity contribution in [3.05, 3.63) is 84.4 Å². The molecule has 0 aromatic heterocycles. The van der Waals surface area contributed by atoms with Gasteiger partial charge in [0.25, 0.3) is 0 Å². The third-order valence-electron chi connectivity index (χ3n) is 3.91. The SMILES string of the molecule is C=CC[C@H](O)C1=NO[C@H](c2ccccc2)[C@H]1c1ccccc1. The molecule has 2 aromatic carbocycles. The van der Waals surface area contributed by atoms with Crippen molar-refractivity contribution in [2.75, 3.05) is 0 Å². The molecule has 0 spiro atoms. The topological polar surface area (TPSA) is 41.8 Å². The van der Waals surface area contributed by atoms with Gasteiger partial charge >= 0.3 is 0 Å². The van der Waals surface area contributed by atoms with Crippen molar-refractivity contribution in [3.63, 3.8) is 0 Å². The van der Waals surface area contributed by atoms with Gasteiger partial charge in [0, 0.05) is 0 Å². The molecule has 2 aromatic rings. The van der Waals surface area contributed by atoms with E-state index in [1.165, 1.54) is 0 Å². The normalized spacial score (nSPS) is 21.8. The van der Waals surface area contributed by atoms with Gasteiger partial charge in [0.15, 0.2) is 6.10 Å². The molecule has 112 valence electrons. The minimum absolute atomic E-state index is 0.0847. The van der Waals surface area contributed by atoms with Crippen LogP contribution in [0.1, 0.15) is 29.6 Å². The Hall–Kier alpha value is -2.39. The molecule has 0 bridgehead atoms. The van der Waals surface area contributed by atoms with E-state index in [0.717, 1.165) is 11.1 Å². The molecule has 0 aliphatic carbocycles. The minimum Gasteiger partial charge on any atom is -0.387 e. The second kappa shape index (κ2) is 6.58. The molecule has 1 heterocycles. The molecule has 0 unspecified atom stereocenters. The van der Waals surface area contributed by atoms with E-state index in [1.807, 2.05) is 60.7 Å². The van der Waals surface area contributed by atoms with E-state index >= 15 is 0 Å². The van der Waals surface area contributed by atoms with Crippen molar-refractivity contribution in [2.24, 2.45) is 5.16 Å². The largest absolute Gasteiger partial charge is 0.387 e. The molecular weight excluding hydrogens is 274 g/mol. The van der Waals surface area contributed by atoms with Gasteiger partial charge in [-0.25, -0.2) is 0 Å². The quantitative estimate of drug-likeness (QED) is 0.851. The number of hydrogen-bond donors (Lipinski definition) is 1. The lowest BCUT2D eigenvalue weighted by molar-refractivity contribution is 0.0762. The van der Waals surface area contributed by atoms with Crippen molar-refractivity contribution in [3.8, 4) is 0 Å². The van der Waals surface area contributed by atoms with Crippen LogP contribution in [0.2, 0.25) is 0 Å². The van der Waals surface area contributed by atoms with Crippen LogP contribution in [0, 0.1) is 0 Å². The highest BCUT2D eigenvalue weighted by Gasteiger charge is 2.39. The zero-order valence-corrected chi connectivity index (χ0v) is 12.3. The first-order chi connectivity index (χ1) is 10.8. The zero-order chi connectivity index (χ0) is 15.4. The number of oxime groups is 1. The second-order valence-electron chi connectivity index (χ2n) is 5.38. The van der Waals surface area contributed by atoms with E-state index in [-0.39, 0.29) is 12.0 Å². The van der Waals surface area contributed by atoms with Crippen LogP contribution in [0.5, 0.6) is 0 Å². The van der Waals surface area contributed by atoms with Crippen molar-refractivity contribution in [2.45, 2.75) is 24.5 Å². The molecule has 22 heavy (non-hydrogen) atoms. The third kappa shape index (κ3) is 2.81. The van der Waals surface area contributed by atoms with Crippen molar-refractivity contribution in [1.82, 2.24) is 0 Å². The summed E-state index contributed by atoms with van der Waals surface area (Å²) in [6.07, 6.45) is 1.28. The Bertz CT molecular complexity index is 652. The zero-order valence-electron chi connectivity index (χ0n) is 12.3. The van der Waals surface area contributed by atoms with Gasteiger partial charge in [-0.05, 0) is 17.5 Å². The fourth-order valence-corrected chi connectivity index (χ4v) is 2.84. The van der Waals surface area contributed by atoms with Crippen molar-refractivity contribution >= 4 is 5.71 Å². The Kier molecular flexibility index (Phi) is 4.35. The average Bonchev–Trinajstić information content (AvgIpc) is 3.02. The maximum Gasteiger partial charge on any atom is 0.164 e. The maximum absolute atomic E-state index is 10.4. The summed E-state index contributed by atoms with van der Waals surface area (Å²) >= 11 is 0. The molecule has 0 radical (unpaired) electrons. The Labute approximate surface area is 130 Å². The predicted molar refractivity (Wildman–Crippen MR) is 87.7 cm³/mol. The summed E-state index contributed by atoms with van der Waals surface area (Å²) < 4.78 is 0. The molecule has 0 saturated heterocycles. The van der Waals surface area contributed by atoms with Gasteiger partial charge in [0.2, 0.25) is 0 Å². The first kappa shape index (κ1) is 14.5. The summed E-state index contributed by atoms with van der Waals surface area (Å²) in [4.78, 5) is 5.68. The van der Waals surface area contributed by atoms with Gasteiger partial charge in [-0.3, -0.25) is 0 Å². The van der Waals surface area contributed by atoms with Crippen LogP contribution < -0.4 is 0 Å². The second-order valence-corrected chi connectivity index (χ2v) is 5.38. The standard InChI is InChI=1S/C19H19NO2/c1-2-9-16(21)18-17(14-10-5-3-6-11-14)19(22-20-18)15-12-7-4-8-13-15/h2-8,10-13,16-17,19,21H,1,9H2/t16-,17-,19+/m0/s1. The number of aliphatic hydroxyl groups excluding tert-OH is 1. The number of rotatable bonds is 5. The average molecular weight is 293 g/mol. The minimum atomic E-state index is -0.670. The van der Waals surface area contributed by atoms with Gasteiger partial charge in [-0.15, -0.1) is 6.58 Å². The summed E-state index contributed by atoms with van der Waals surface area (Å²) in [6, 6.07) is 20.1. The smallest absolute Gasteiger partial charge is 0.164 e. The van der Waals surface area contributed by atoms with E-state index in [1.54, 1.807) is 6.08 Å². The summed E-state index contributed by atoms with van der Waals surface area (Å²) in [5, 5.41) is 14.6. The fraction of sp³-hybridized carbons (Fsp3) is 0.211. The van der Waals surface area contributed by atoms with Crippen LogP contribution in [-0.4, -0.2) is 16.9 Å². The fourth-order valence-electron chi connectivity index (χ4n) is 2.84. The molecule has 1 aliphatic heterocycles. The van der Waals surface area contributed by atoms with Crippen LogP contribution in [0.25, 0.3) is 0 Å². The monoisotopic (exact) mass is 293 g/mol.